The molecule has 1 rings (SSSR count). The summed E-state index contributed by atoms with van der Waals surface area (Å²) in [5.41, 5.74) is 0.356. The van der Waals surface area contributed by atoms with E-state index in [0.717, 1.165) is 25.9 Å². The Kier molecular flexibility index (Phi) is 7.68. The van der Waals surface area contributed by atoms with Gasteiger partial charge in [-0.05, 0) is 51.5 Å². The fourth-order valence-electron chi connectivity index (χ4n) is 1.72. The first kappa shape index (κ1) is 17.4. The quantitative estimate of drug-likeness (QED) is 0.677. The molecule has 0 aliphatic rings. The van der Waals surface area contributed by atoms with E-state index in [0.29, 0.717) is 24.0 Å². The van der Waals surface area contributed by atoms with Crippen LogP contribution in [0.25, 0.3) is 0 Å². The molecule has 1 amide bonds. The number of hydrogen-bond donors (Lipinski definition) is 2. The van der Waals surface area contributed by atoms with Crippen LogP contribution < -0.4 is 10.6 Å². The van der Waals surface area contributed by atoms with Crippen LogP contribution in [-0.2, 0) is 0 Å². The molecule has 1 aromatic heterocycles. The molecule has 6 heteroatoms. The summed E-state index contributed by atoms with van der Waals surface area (Å²) in [6, 6.07) is 3.49. The summed E-state index contributed by atoms with van der Waals surface area (Å²) >= 11 is 0. The summed E-state index contributed by atoms with van der Waals surface area (Å²) in [5, 5.41) is 14.0. The van der Waals surface area contributed by atoms with Gasteiger partial charge in [0.25, 0.3) is 5.91 Å². The molecule has 118 valence electrons. The van der Waals surface area contributed by atoms with Crippen molar-refractivity contribution in [2.45, 2.75) is 26.7 Å². The topological polar surface area (TPSA) is 70.2 Å². The Balaban J connectivity index is 2.33. The third-order valence-electron chi connectivity index (χ3n) is 2.99. The number of anilines is 1. The Hall–Kier alpha value is -1.69. The number of aromatic nitrogens is 2. The lowest BCUT2D eigenvalue weighted by Crippen LogP contribution is -2.28. The second-order valence-electron chi connectivity index (χ2n) is 5.83. The first-order chi connectivity index (χ1) is 9.99. The molecule has 0 unspecified atom stereocenters. The van der Waals surface area contributed by atoms with Crippen LogP contribution in [0.4, 0.5) is 5.82 Å². The molecular weight excluding hydrogens is 266 g/mol. The van der Waals surface area contributed by atoms with E-state index in [1.807, 2.05) is 14.1 Å². The van der Waals surface area contributed by atoms with E-state index in [2.05, 4.69) is 39.6 Å². The van der Waals surface area contributed by atoms with E-state index in [1.165, 1.54) is 0 Å². The third kappa shape index (κ3) is 7.60. The van der Waals surface area contributed by atoms with E-state index in [9.17, 15) is 4.79 Å². The van der Waals surface area contributed by atoms with E-state index < -0.39 is 0 Å². The van der Waals surface area contributed by atoms with Gasteiger partial charge in [-0.2, -0.15) is 0 Å². The Bertz CT molecular complexity index is 417. The number of rotatable bonds is 9. The second kappa shape index (κ2) is 9.28. The predicted molar refractivity (Wildman–Crippen MR) is 85.5 cm³/mol. The van der Waals surface area contributed by atoms with Gasteiger partial charge in [-0.15, -0.1) is 10.2 Å². The molecule has 21 heavy (non-hydrogen) atoms. The van der Waals surface area contributed by atoms with Gasteiger partial charge in [-0.1, -0.05) is 13.8 Å². The highest BCUT2D eigenvalue weighted by atomic mass is 16.1. The minimum atomic E-state index is -0.171. The number of carbonyl (C=O) groups is 1. The molecule has 0 bridgehead atoms. The average Bonchev–Trinajstić information content (AvgIpc) is 2.43. The maximum absolute atomic E-state index is 11.9. The Morgan fingerprint density at radius 2 is 2.00 bits per heavy atom. The zero-order chi connectivity index (χ0) is 15.7. The molecule has 0 saturated carbocycles. The van der Waals surface area contributed by atoms with Crippen molar-refractivity contribution < 1.29 is 4.79 Å². The molecule has 0 fully saturated rings. The minimum Gasteiger partial charge on any atom is -0.369 e. The molecule has 6 nitrogen and oxygen atoms in total. The van der Waals surface area contributed by atoms with Crippen molar-refractivity contribution in [3.05, 3.63) is 17.8 Å². The Labute approximate surface area is 127 Å². The molecule has 0 aliphatic carbocycles. The van der Waals surface area contributed by atoms with Crippen molar-refractivity contribution >= 4 is 11.7 Å². The van der Waals surface area contributed by atoms with E-state index in [4.69, 9.17) is 0 Å². The SMILES string of the molecule is CC(C)CCNc1ccc(C(=O)NCCCN(C)C)nn1. The summed E-state index contributed by atoms with van der Waals surface area (Å²) in [5.74, 6) is 1.19. The molecule has 2 N–H and O–H groups in total. The average molecular weight is 293 g/mol. The highest BCUT2D eigenvalue weighted by molar-refractivity contribution is 5.92. The predicted octanol–water partition coefficient (Wildman–Crippen LogP) is 1.62. The van der Waals surface area contributed by atoms with Crippen LogP contribution in [0.15, 0.2) is 12.1 Å². The highest BCUT2D eigenvalue weighted by Gasteiger charge is 2.07. The molecule has 0 spiro atoms. The van der Waals surface area contributed by atoms with Crippen LogP contribution in [0.2, 0.25) is 0 Å². The fraction of sp³-hybridized carbons (Fsp3) is 0.667. The Morgan fingerprint density at radius 3 is 2.57 bits per heavy atom. The lowest BCUT2D eigenvalue weighted by atomic mass is 10.1. The molecule has 0 aliphatic heterocycles. The standard InChI is InChI=1S/C15H27N5O/c1-12(2)8-10-16-14-7-6-13(18-19-14)15(21)17-9-5-11-20(3)4/h6-7,12H,5,8-11H2,1-4H3,(H,16,19)(H,17,21). The zero-order valence-corrected chi connectivity index (χ0v) is 13.5. The summed E-state index contributed by atoms with van der Waals surface area (Å²) < 4.78 is 0. The van der Waals surface area contributed by atoms with Crippen molar-refractivity contribution in [2.75, 3.05) is 39.0 Å². The first-order valence-corrected chi connectivity index (χ1v) is 7.49. The van der Waals surface area contributed by atoms with Crippen LogP contribution in [-0.4, -0.2) is 54.7 Å². The fourth-order valence-corrected chi connectivity index (χ4v) is 1.72. The lowest BCUT2D eigenvalue weighted by Gasteiger charge is -2.10. The maximum atomic E-state index is 11.9. The van der Waals surface area contributed by atoms with Crippen LogP contribution in [0.1, 0.15) is 37.2 Å². The number of hydrogen-bond acceptors (Lipinski definition) is 5. The van der Waals surface area contributed by atoms with Crippen molar-refractivity contribution in [3.8, 4) is 0 Å². The van der Waals surface area contributed by atoms with Crippen molar-refractivity contribution in [3.63, 3.8) is 0 Å². The summed E-state index contributed by atoms with van der Waals surface area (Å²) in [4.78, 5) is 13.9. The van der Waals surface area contributed by atoms with Gasteiger partial charge in [0.2, 0.25) is 0 Å². The molecule has 1 aromatic rings. The monoisotopic (exact) mass is 293 g/mol. The van der Waals surface area contributed by atoms with Crippen LogP contribution in [0.3, 0.4) is 0 Å². The van der Waals surface area contributed by atoms with Crippen LogP contribution in [0.5, 0.6) is 0 Å². The van der Waals surface area contributed by atoms with Crippen molar-refractivity contribution in [1.82, 2.24) is 20.4 Å². The molecule has 0 saturated heterocycles. The van der Waals surface area contributed by atoms with Crippen LogP contribution >= 0.6 is 0 Å². The van der Waals surface area contributed by atoms with E-state index >= 15 is 0 Å². The molecule has 0 aromatic carbocycles. The Morgan fingerprint density at radius 1 is 1.24 bits per heavy atom. The first-order valence-electron chi connectivity index (χ1n) is 7.49. The number of nitrogens with zero attached hydrogens (tertiary/aromatic N) is 3. The molecule has 0 atom stereocenters. The van der Waals surface area contributed by atoms with Gasteiger partial charge in [-0.25, -0.2) is 0 Å². The largest absolute Gasteiger partial charge is 0.369 e. The van der Waals surface area contributed by atoms with Gasteiger partial charge >= 0.3 is 0 Å². The van der Waals surface area contributed by atoms with E-state index in [-0.39, 0.29) is 5.91 Å². The zero-order valence-electron chi connectivity index (χ0n) is 13.5. The van der Waals surface area contributed by atoms with Gasteiger partial charge < -0.3 is 15.5 Å². The summed E-state index contributed by atoms with van der Waals surface area (Å²) in [7, 11) is 4.02. The van der Waals surface area contributed by atoms with Gasteiger partial charge in [0.05, 0.1) is 0 Å². The summed E-state index contributed by atoms with van der Waals surface area (Å²) in [6.45, 7) is 6.81. The number of nitrogens with one attached hydrogen (secondary N) is 2. The molecule has 1 heterocycles. The normalized spacial score (nSPS) is 11.0. The summed E-state index contributed by atoms with van der Waals surface area (Å²) in [6.07, 6.45) is 2.00. The number of carbonyl (C=O) groups excluding carboxylic acids is 1. The molecule has 0 radical (unpaired) electrons. The lowest BCUT2D eigenvalue weighted by molar-refractivity contribution is 0.0946. The van der Waals surface area contributed by atoms with Crippen LogP contribution in [0, 0.1) is 5.92 Å². The maximum Gasteiger partial charge on any atom is 0.271 e. The van der Waals surface area contributed by atoms with Gasteiger partial charge in [-0.3, -0.25) is 4.79 Å². The minimum absolute atomic E-state index is 0.171. The van der Waals surface area contributed by atoms with Crippen molar-refractivity contribution in [1.29, 1.82) is 0 Å². The van der Waals surface area contributed by atoms with Gasteiger partial charge in [0.1, 0.15) is 5.82 Å². The van der Waals surface area contributed by atoms with Gasteiger partial charge in [0, 0.05) is 13.1 Å². The smallest absolute Gasteiger partial charge is 0.271 e. The second-order valence-corrected chi connectivity index (χ2v) is 5.83. The highest BCUT2D eigenvalue weighted by Crippen LogP contribution is 2.04. The third-order valence-corrected chi connectivity index (χ3v) is 2.99. The molecular formula is C15H27N5O. The van der Waals surface area contributed by atoms with Gasteiger partial charge in [0.15, 0.2) is 5.69 Å². The van der Waals surface area contributed by atoms with E-state index in [1.54, 1.807) is 12.1 Å². The van der Waals surface area contributed by atoms with Crippen molar-refractivity contribution in [2.24, 2.45) is 5.92 Å². The number of amides is 1.